The first-order valence-electron chi connectivity index (χ1n) is 9.87. The number of ketones is 1. The Hall–Kier alpha value is -4.99. The molecule has 1 heterocycles. The van der Waals surface area contributed by atoms with Gasteiger partial charge in [0.25, 0.3) is 17.4 Å². The number of carbonyl (C=O) groups is 3. The number of carboxylic acid groups (broad SMARTS) is 1. The maximum atomic E-state index is 13.1. The van der Waals surface area contributed by atoms with Crippen molar-refractivity contribution in [3.63, 3.8) is 0 Å². The molecule has 170 valence electrons. The summed E-state index contributed by atoms with van der Waals surface area (Å²) < 4.78 is 0. The Bertz CT molecular complexity index is 1360. The number of aromatic carboxylic acids is 1. The number of hydrogen-bond donors (Lipinski definition) is 3. The Kier molecular flexibility index (Phi) is 5.56. The van der Waals surface area contributed by atoms with Crippen LogP contribution in [0, 0.1) is 10.1 Å². The minimum atomic E-state index is -1.45. The smallest absolute Gasteiger partial charge is 0.339 e. The number of hydrogen-bond acceptors (Lipinski definition) is 7. The van der Waals surface area contributed by atoms with E-state index in [9.17, 15) is 39.8 Å². The zero-order chi connectivity index (χ0) is 24.6. The summed E-state index contributed by atoms with van der Waals surface area (Å²) >= 11 is 0. The number of carbonyl (C=O) groups excluding carboxylic acids is 2. The zero-order valence-corrected chi connectivity index (χ0v) is 17.3. The van der Waals surface area contributed by atoms with E-state index in [1.54, 1.807) is 30.3 Å². The third-order valence-electron chi connectivity index (χ3n) is 5.40. The maximum Gasteiger partial charge on any atom is 0.339 e. The average Bonchev–Trinajstić information content (AvgIpc) is 3.10. The van der Waals surface area contributed by atoms with E-state index in [-0.39, 0.29) is 28.1 Å². The van der Waals surface area contributed by atoms with Gasteiger partial charge < -0.3 is 15.3 Å². The molecule has 0 aliphatic carbocycles. The zero-order valence-electron chi connectivity index (χ0n) is 17.3. The molecule has 0 spiro atoms. The predicted molar refractivity (Wildman–Crippen MR) is 119 cm³/mol. The fourth-order valence-electron chi connectivity index (χ4n) is 3.79. The van der Waals surface area contributed by atoms with Gasteiger partial charge in [0.2, 0.25) is 0 Å². The molecule has 1 amide bonds. The Morgan fingerprint density at radius 2 is 1.59 bits per heavy atom. The molecule has 1 aliphatic heterocycles. The first-order chi connectivity index (χ1) is 16.2. The van der Waals surface area contributed by atoms with Crippen LogP contribution in [0.3, 0.4) is 0 Å². The Balaban J connectivity index is 1.96. The van der Waals surface area contributed by atoms with Crippen molar-refractivity contribution < 1.29 is 34.6 Å². The van der Waals surface area contributed by atoms with E-state index in [1.165, 1.54) is 30.3 Å². The van der Waals surface area contributed by atoms with Crippen molar-refractivity contribution in [2.45, 2.75) is 6.04 Å². The molecule has 1 fully saturated rings. The van der Waals surface area contributed by atoms with E-state index in [2.05, 4.69) is 0 Å². The number of aliphatic hydroxyl groups excluding tert-OH is 1. The quantitative estimate of drug-likeness (QED) is 0.171. The van der Waals surface area contributed by atoms with Crippen LogP contribution in [0.15, 0.2) is 78.4 Å². The van der Waals surface area contributed by atoms with Gasteiger partial charge in [-0.15, -0.1) is 0 Å². The first-order valence-corrected chi connectivity index (χ1v) is 9.87. The highest BCUT2D eigenvalue weighted by molar-refractivity contribution is 6.51. The van der Waals surface area contributed by atoms with Crippen molar-refractivity contribution in [1.82, 2.24) is 0 Å². The van der Waals surface area contributed by atoms with Crippen molar-refractivity contribution in [3.8, 4) is 5.75 Å². The summed E-state index contributed by atoms with van der Waals surface area (Å²) in [6.07, 6.45) is 0. The second kappa shape index (κ2) is 8.51. The topological polar surface area (TPSA) is 158 Å². The Morgan fingerprint density at radius 1 is 0.941 bits per heavy atom. The second-order valence-corrected chi connectivity index (χ2v) is 7.39. The fourth-order valence-corrected chi connectivity index (χ4v) is 3.79. The van der Waals surface area contributed by atoms with E-state index in [0.717, 1.165) is 17.0 Å². The molecule has 3 aromatic rings. The molecule has 4 rings (SSSR count). The maximum absolute atomic E-state index is 13.1. The van der Waals surface area contributed by atoms with Crippen LogP contribution in [-0.2, 0) is 9.59 Å². The summed E-state index contributed by atoms with van der Waals surface area (Å²) in [5, 5.41) is 41.3. The SMILES string of the molecule is O=C1C(=O)N(c2ccc(O)c(C(=O)O)c2)[C@@H](c2ccc([N+](=O)[O-])cc2)C1=C(O)c1ccccc1. The number of carboxylic acids is 1. The van der Waals surface area contributed by atoms with Crippen molar-refractivity contribution in [3.05, 3.63) is 105 Å². The fraction of sp³-hybridized carbons (Fsp3) is 0.0417. The number of aliphatic hydroxyl groups is 1. The van der Waals surface area contributed by atoms with Crippen molar-refractivity contribution in [2.75, 3.05) is 4.90 Å². The summed E-state index contributed by atoms with van der Waals surface area (Å²) in [6, 6.07) is 15.3. The molecule has 0 aromatic heterocycles. The normalized spacial score (nSPS) is 17.1. The number of aromatic hydroxyl groups is 1. The number of amides is 1. The second-order valence-electron chi connectivity index (χ2n) is 7.39. The Morgan fingerprint density at radius 3 is 2.18 bits per heavy atom. The van der Waals surface area contributed by atoms with Crippen LogP contribution in [0.2, 0.25) is 0 Å². The van der Waals surface area contributed by atoms with Gasteiger partial charge in [-0.3, -0.25) is 24.6 Å². The lowest BCUT2D eigenvalue weighted by molar-refractivity contribution is -0.384. The van der Waals surface area contributed by atoms with Crippen LogP contribution in [0.1, 0.15) is 27.5 Å². The Labute approximate surface area is 191 Å². The van der Waals surface area contributed by atoms with E-state index in [0.29, 0.717) is 0 Å². The molecule has 0 radical (unpaired) electrons. The summed E-state index contributed by atoms with van der Waals surface area (Å²) in [4.78, 5) is 49.1. The third-order valence-corrected chi connectivity index (χ3v) is 5.40. The highest BCUT2D eigenvalue weighted by Gasteiger charge is 2.47. The number of rotatable bonds is 5. The van der Waals surface area contributed by atoms with E-state index in [1.807, 2.05) is 0 Å². The van der Waals surface area contributed by atoms with Gasteiger partial charge in [0.15, 0.2) is 0 Å². The molecule has 10 nitrogen and oxygen atoms in total. The number of benzene rings is 3. The largest absolute Gasteiger partial charge is 0.507 e. The lowest BCUT2D eigenvalue weighted by Crippen LogP contribution is -2.29. The average molecular weight is 460 g/mol. The van der Waals surface area contributed by atoms with E-state index in [4.69, 9.17) is 0 Å². The molecular weight excluding hydrogens is 444 g/mol. The molecule has 1 atom stereocenters. The van der Waals surface area contributed by atoms with Gasteiger partial charge >= 0.3 is 5.97 Å². The molecular formula is C24H16N2O8. The van der Waals surface area contributed by atoms with E-state index < -0.39 is 45.7 Å². The highest BCUT2D eigenvalue weighted by Crippen LogP contribution is 2.43. The van der Waals surface area contributed by atoms with Gasteiger partial charge in [0, 0.05) is 23.4 Å². The van der Waals surface area contributed by atoms with Crippen LogP contribution in [-0.4, -0.2) is 37.9 Å². The van der Waals surface area contributed by atoms with Crippen LogP contribution >= 0.6 is 0 Å². The molecule has 0 saturated carbocycles. The van der Waals surface area contributed by atoms with Crippen molar-refractivity contribution in [2.24, 2.45) is 0 Å². The van der Waals surface area contributed by atoms with Gasteiger partial charge in [0.1, 0.15) is 17.1 Å². The molecule has 1 aliphatic rings. The van der Waals surface area contributed by atoms with Gasteiger partial charge in [0.05, 0.1) is 16.5 Å². The lowest BCUT2D eigenvalue weighted by Gasteiger charge is -2.25. The lowest BCUT2D eigenvalue weighted by atomic mass is 9.95. The minimum absolute atomic E-state index is 0.0206. The third kappa shape index (κ3) is 3.73. The predicted octanol–water partition coefficient (Wildman–Crippen LogP) is 3.62. The first kappa shape index (κ1) is 22.2. The summed E-state index contributed by atoms with van der Waals surface area (Å²) in [7, 11) is 0. The van der Waals surface area contributed by atoms with Gasteiger partial charge in [-0.1, -0.05) is 30.3 Å². The number of phenols is 1. The van der Waals surface area contributed by atoms with Gasteiger partial charge in [-0.05, 0) is 35.9 Å². The number of nitrogens with zero attached hydrogens (tertiary/aromatic N) is 2. The van der Waals surface area contributed by atoms with Crippen molar-refractivity contribution in [1.29, 1.82) is 0 Å². The molecule has 3 aromatic carbocycles. The molecule has 34 heavy (non-hydrogen) atoms. The highest BCUT2D eigenvalue weighted by atomic mass is 16.6. The van der Waals surface area contributed by atoms with Crippen LogP contribution in [0.5, 0.6) is 5.75 Å². The van der Waals surface area contributed by atoms with Gasteiger partial charge in [-0.25, -0.2) is 4.79 Å². The summed E-state index contributed by atoms with van der Waals surface area (Å²) in [5.41, 5.74) is -0.467. The minimum Gasteiger partial charge on any atom is -0.507 e. The summed E-state index contributed by atoms with van der Waals surface area (Å²) in [6.45, 7) is 0. The van der Waals surface area contributed by atoms with Crippen molar-refractivity contribution >= 4 is 34.8 Å². The van der Waals surface area contributed by atoms with Crippen LogP contribution in [0.4, 0.5) is 11.4 Å². The molecule has 1 saturated heterocycles. The molecule has 10 heteroatoms. The standard InChI is InChI=1S/C24H16N2O8/c27-18-11-10-16(12-17(18)24(31)32)25-20(13-6-8-15(9-7-13)26(33)34)19(22(29)23(25)30)21(28)14-4-2-1-3-5-14/h1-12,20,27-28H,(H,31,32)/t20-/m0/s1. The van der Waals surface area contributed by atoms with E-state index >= 15 is 0 Å². The van der Waals surface area contributed by atoms with Crippen LogP contribution in [0.25, 0.3) is 5.76 Å². The molecule has 0 unspecified atom stereocenters. The number of nitro groups is 1. The number of non-ortho nitro benzene ring substituents is 1. The van der Waals surface area contributed by atoms with Crippen LogP contribution < -0.4 is 4.90 Å². The molecule has 0 bridgehead atoms. The monoisotopic (exact) mass is 460 g/mol. The number of Topliss-reactive ketones (excluding diaryl/α,β-unsaturated/α-hetero) is 1. The summed E-state index contributed by atoms with van der Waals surface area (Å²) in [5.74, 6) is -4.50. The molecule has 3 N–H and O–H groups in total. The number of nitro benzene ring substituents is 1. The number of anilines is 1. The van der Waals surface area contributed by atoms with Gasteiger partial charge in [-0.2, -0.15) is 0 Å².